The Kier molecular flexibility index (Phi) is 5.66. The van der Waals surface area contributed by atoms with Crippen molar-refractivity contribution in [2.24, 2.45) is 23.7 Å². The van der Waals surface area contributed by atoms with E-state index in [4.69, 9.17) is 0 Å². The molecule has 1 aliphatic rings. The summed E-state index contributed by atoms with van der Waals surface area (Å²) in [5, 5.41) is 3.38. The second kappa shape index (κ2) is 6.52. The highest BCUT2D eigenvalue weighted by Crippen LogP contribution is 2.40. The van der Waals surface area contributed by atoms with Crippen molar-refractivity contribution in [1.82, 2.24) is 5.32 Å². The Morgan fingerprint density at radius 2 is 2.00 bits per heavy atom. The summed E-state index contributed by atoms with van der Waals surface area (Å²) in [5.74, 6) is 3.84. The summed E-state index contributed by atoms with van der Waals surface area (Å²) in [4.78, 5) is 0. The van der Waals surface area contributed by atoms with Gasteiger partial charge in [0, 0.05) is 0 Å². The van der Waals surface area contributed by atoms with Gasteiger partial charge in [-0.05, 0) is 50.1 Å². The molecule has 1 heteroatoms. The summed E-state index contributed by atoms with van der Waals surface area (Å²) in [6.45, 7) is 8.38. The van der Waals surface area contributed by atoms with Gasteiger partial charge in [0.25, 0.3) is 0 Å². The van der Waals surface area contributed by atoms with Crippen LogP contribution in [0.25, 0.3) is 0 Å². The zero-order chi connectivity index (χ0) is 11.3. The molecule has 0 aromatic heterocycles. The predicted octanol–water partition coefficient (Wildman–Crippen LogP) is 3.69. The van der Waals surface area contributed by atoms with Crippen molar-refractivity contribution >= 4 is 0 Å². The van der Waals surface area contributed by atoms with Gasteiger partial charge in [0.15, 0.2) is 0 Å². The average molecular weight is 211 g/mol. The van der Waals surface area contributed by atoms with Gasteiger partial charge in [-0.2, -0.15) is 0 Å². The SMILES string of the molecule is CCC1CCC(CNC)C(C(C)CC)C1. The lowest BCUT2D eigenvalue weighted by Gasteiger charge is -2.39. The maximum atomic E-state index is 3.38. The highest BCUT2D eigenvalue weighted by molar-refractivity contribution is 4.83. The minimum absolute atomic E-state index is 0.915. The Hall–Kier alpha value is -0.0400. The molecule has 90 valence electrons. The Labute approximate surface area is 96.0 Å². The van der Waals surface area contributed by atoms with Crippen LogP contribution in [0.1, 0.15) is 52.9 Å². The second-order valence-electron chi connectivity index (χ2n) is 5.45. The molecule has 1 fully saturated rings. The summed E-state index contributed by atoms with van der Waals surface area (Å²) in [7, 11) is 2.10. The molecule has 0 aromatic carbocycles. The van der Waals surface area contributed by atoms with Crippen LogP contribution in [0, 0.1) is 23.7 Å². The van der Waals surface area contributed by atoms with Gasteiger partial charge >= 0.3 is 0 Å². The van der Waals surface area contributed by atoms with E-state index in [0.29, 0.717) is 0 Å². The van der Waals surface area contributed by atoms with Gasteiger partial charge < -0.3 is 5.32 Å². The minimum Gasteiger partial charge on any atom is -0.319 e. The molecule has 1 saturated carbocycles. The molecule has 0 bridgehead atoms. The van der Waals surface area contributed by atoms with Gasteiger partial charge in [-0.3, -0.25) is 0 Å². The van der Waals surface area contributed by atoms with Crippen molar-refractivity contribution in [3.05, 3.63) is 0 Å². The smallest absolute Gasteiger partial charge is 0.00208 e. The van der Waals surface area contributed by atoms with E-state index < -0.39 is 0 Å². The van der Waals surface area contributed by atoms with Crippen LogP contribution in [-0.2, 0) is 0 Å². The van der Waals surface area contributed by atoms with Crippen LogP contribution < -0.4 is 5.32 Å². The number of hydrogen-bond acceptors (Lipinski definition) is 1. The molecule has 0 saturated heterocycles. The molecule has 0 aromatic rings. The Bertz CT molecular complexity index is 167. The summed E-state index contributed by atoms with van der Waals surface area (Å²) < 4.78 is 0. The third-order valence-electron chi connectivity index (χ3n) is 4.58. The molecule has 4 atom stereocenters. The zero-order valence-corrected chi connectivity index (χ0v) is 11.1. The van der Waals surface area contributed by atoms with E-state index in [2.05, 4.69) is 33.1 Å². The van der Waals surface area contributed by atoms with Crippen LogP contribution in [0.3, 0.4) is 0 Å². The fraction of sp³-hybridized carbons (Fsp3) is 1.00. The first-order valence-electron chi connectivity index (χ1n) is 6.87. The number of rotatable bonds is 5. The van der Waals surface area contributed by atoms with Gasteiger partial charge in [-0.25, -0.2) is 0 Å². The second-order valence-corrected chi connectivity index (χ2v) is 5.45. The summed E-state index contributed by atoms with van der Waals surface area (Å²) in [5.41, 5.74) is 0. The van der Waals surface area contributed by atoms with E-state index in [1.165, 1.54) is 38.6 Å². The van der Waals surface area contributed by atoms with E-state index in [-0.39, 0.29) is 0 Å². The topological polar surface area (TPSA) is 12.0 Å². The third kappa shape index (κ3) is 3.48. The van der Waals surface area contributed by atoms with Crippen LogP contribution in [0.4, 0.5) is 0 Å². The van der Waals surface area contributed by atoms with Crippen LogP contribution in [-0.4, -0.2) is 13.6 Å². The van der Waals surface area contributed by atoms with Crippen molar-refractivity contribution < 1.29 is 0 Å². The normalized spacial score (nSPS) is 34.0. The van der Waals surface area contributed by atoms with Gasteiger partial charge in [0.1, 0.15) is 0 Å². The highest BCUT2D eigenvalue weighted by Gasteiger charge is 2.31. The quantitative estimate of drug-likeness (QED) is 0.731. The third-order valence-corrected chi connectivity index (χ3v) is 4.58. The van der Waals surface area contributed by atoms with E-state index in [9.17, 15) is 0 Å². The van der Waals surface area contributed by atoms with E-state index in [1.54, 1.807) is 0 Å². The Morgan fingerprint density at radius 3 is 2.53 bits per heavy atom. The molecule has 0 spiro atoms. The van der Waals surface area contributed by atoms with Crippen LogP contribution >= 0.6 is 0 Å². The van der Waals surface area contributed by atoms with Gasteiger partial charge in [0.2, 0.25) is 0 Å². The minimum atomic E-state index is 0.915. The largest absolute Gasteiger partial charge is 0.319 e. The van der Waals surface area contributed by atoms with Crippen LogP contribution in [0.2, 0.25) is 0 Å². The predicted molar refractivity (Wildman–Crippen MR) is 68.0 cm³/mol. The van der Waals surface area contributed by atoms with Crippen LogP contribution in [0.15, 0.2) is 0 Å². The molecule has 0 heterocycles. The number of nitrogens with one attached hydrogen (secondary N) is 1. The first-order chi connectivity index (χ1) is 7.22. The zero-order valence-electron chi connectivity index (χ0n) is 11.1. The lowest BCUT2D eigenvalue weighted by molar-refractivity contribution is 0.122. The average Bonchev–Trinajstić information content (AvgIpc) is 2.29. The molecular weight excluding hydrogens is 182 g/mol. The summed E-state index contributed by atoms with van der Waals surface area (Å²) in [6.07, 6.45) is 7.14. The summed E-state index contributed by atoms with van der Waals surface area (Å²) in [6, 6.07) is 0. The van der Waals surface area contributed by atoms with Crippen LogP contribution in [0.5, 0.6) is 0 Å². The molecule has 0 amide bonds. The molecule has 4 unspecified atom stereocenters. The number of hydrogen-bond donors (Lipinski definition) is 1. The first kappa shape index (κ1) is 13.0. The molecule has 0 aliphatic heterocycles. The standard InChI is InChI=1S/C14H29N/c1-5-11(3)14-9-12(6-2)7-8-13(14)10-15-4/h11-15H,5-10H2,1-4H3. The van der Waals surface area contributed by atoms with Crippen molar-refractivity contribution in [2.45, 2.75) is 52.9 Å². The molecule has 0 radical (unpaired) electrons. The van der Waals surface area contributed by atoms with Crippen molar-refractivity contribution in [3.63, 3.8) is 0 Å². The van der Waals surface area contributed by atoms with E-state index in [1.807, 2.05) is 0 Å². The monoisotopic (exact) mass is 211 g/mol. The Balaban J connectivity index is 2.55. The van der Waals surface area contributed by atoms with Gasteiger partial charge in [-0.1, -0.05) is 40.0 Å². The molecule has 15 heavy (non-hydrogen) atoms. The van der Waals surface area contributed by atoms with Crippen molar-refractivity contribution in [3.8, 4) is 0 Å². The van der Waals surface area contributed by atoms with Gasteiger partial charge in [0.05, 0.1) is 0 Å². The fourth-order valence-electron chi connectivity index (χ4n) is 3.25. The maximum Gasteiger partial charge on any atom is -0.00208 e. The molecule has 1 aliphatic carbocycles. The molecule has 1 nitrogen and oxygen atoms in total. The molecule has 1 rings (SSSR count). The van der Waals surface area contributed by atoms with Crippen molar-refractivity contribution in [1.29, 1.82) is 0 Å². The maximum absolute atomic E-state index is 3.38. The van der Waals surface area contributed by atoms with Gasteiger partial charge in [-0.15, -0.1) is 0 Å². The Morgan fingerprint density at radius 1 is 1.27 bits per heavy atom. The van der Waals surface area contributed by atoms with Crippen molar-refractivity contribution in [2.75, 3.05) is 13.6 Å². The van der Waals surface area contributed by atoms with E-state index in [0.717, 1.165) is 23.7 Å². The van der Waals surface area contributed by atoms with E-state index >= 15 is 0 Å². The first-order valence-corrected chi connectivity index (χ1v) is 6.87. The summed E-state index contributed by atoms with van der Waals surface area (Å²) >= 11 is 0. The molecular formula is C14H29N. The molecule has 1 N–H and O–H groups in total. The highest BCUT2D eigenvalue weighted by atomic mass is 14.8. The lowest BCUT2D eigenvalue weighted by Crippen LogP contribution is -2.35. The fourth-order valence-corrected chi connectivity index (χ4v) is 3.25. The lowest BCUT2D eigenvalue weighted by atomic mass is 9.68.